The molecule has 0 radical (unpaired) electrons. The topological polar surface area (TPSA) is 34.1 Å². The summed E-state index contributed by atoms with van der Waals surface area (Å²) in [6.45, 7) is 1.41. The van der Waals surface area contributed by atoms with Crippen LogP contribution in [0.15, 0.2) is 24.3 Å². The van der Waals surface area contributed by atoms with Gasteiger partial charge in [0.25, 0.3) is 0 Å². The molecule has 1 rings (SSSR count). The third kappa shape index (κ3) is 2.67. The summed E-state index contributed by atoms with van der Waals surface area (Å²) in [5.41, 5.74) is 0.835. The van der Waals surface area contributed by atoms with Crippen molar-refractivity contribution in [1.29, 1.82) is 0 Å². The Hall–Kier alpha value is -1.15. The van der Waals surface area contributed by atoms with E-state index in [0.29, 0.717) is 17.7 Å². The van der Waals surface area contributed by atoms with Gasteiger partial charge in [-0.05, 0) is 25.0 Å². The van der Waals surface area contributed by atoms with E-state index in [4.69, 9.17) is 11.6 Å². The van der Waals surface area contributed by atoms with Crippen molar-refractivity contribution in [3.05, 3.63) is 34.9 Å². The molecule has 0 bridgehead atoms. The molecule has 0 spiro atoms. The molecule has 1 aromatic rings. The SMILES string of the molecule is CC(=O)[C@@H](C=O)Cc1ccccc1Cl. The minimum Gasteiger partial charge on any atom is -0.303 e. The van der Waals surface area contributed by atoms with Crippen molar-refractivity contribution in [3.63, 3.8) is 0 Å². The van der Waals surface area contributed by atoms with Crippen LogP contribution in [0.25, 0.3) is 0 Å². The fourth-order valence-corrected chi connectivity index (χ4v) is 1.40. The molecule has 0 unspecified atom stereocenters. The van der Waals surface area contributed by atoms with E-state index in [1.807, 2.05) is 18.2 Å². The van der Waals surface area contributed by atoms with Crippen LogP contribution in [-0.2, 0) is 16.0 Å². The maximum Gasteiger partial charge on any atom is 0.140 e. The molecule has 0 saturated heterocycles. The van der Waals surface area contributed by atoms with Gasteiger partial charge in [-0.25, -0.2) is 0 Å². The summed E-state index contributed by atoms with van der Waals surface area (Å²) in [5.74, 6) is -0.699. The molecule has 1 atom stereocenters. The molecule has 2 nitrogen and oxygen atoms in total. The summed E-state index contributed by atoms with van der Waals surface area (Å²) in [4.78, 5) is 21.6. The van der Waals surface area contributed by atoms with Crippen molar-refractivity contribution in [1.82, 2.24) is 0 Å². The number of rotatable bonds is 4. The quantitative estimate of drug-likeness (QED) is 0.565. The number of hydrogen-bond donors (Lipinski definition) is 0. The lowest BCUT2D eigenvalue weighted by molar-refractivity contribution is -0.125. The lowest BCUT2D eigenvalue weighted by atomic mass is 9.97. The highest BCUT2D eigenvalue weighted by atomic mass is 35.5. The van der Waals surface area contributed by atoms with Crippen LogP contribution in [0.3, 0.4) is 0 Å². The van der Waals surface area contributed by atoms with Crippen LogP contribution in [0, 0.1) is 5.92 Å². The highest BCUT2D eigenvalue weighted by molar-refractivity contribution is 6.31. The van der Waals surface area contributed by atoms with Crippen LogP contribution in [0.4, 0.5) is 0 Å². The van der Waals surface area contributed by atoms with E-state index in [-0.39, 0.29) is 5.78 Å². The molecule has 0 N–H and O–H groups in total. The molecule has 0 fully saturated rings. The van der Waals surface area contributed by atoms with Crippen LogP contribution in [0.2, 0.25) is 5.02 Å². The number of Topliss-reactive ketones (excluding diaryl/α,β-unsaturated/α-hetero) is 1. The van der Waals surface area contributed by atoms with Crippen molar-refractivity contribution in [2.24, 2.45) is 5.92 Å². The van der Waals surface area contributed by atoms with Gasteiger partial charge >= 0.3 is 0 Å². The van der Waals surface area contributed by atoms with Gasteiger partial charge in [0, 0.05) is 5.02 Å². The summed E-state index contributed by atoms with van der Waals surface area (Å²) < 4.78 is 0. The largest absolute Gasteiger partial charge is 0.303 e. The number of aldehydes is 1. The van der Waals surface area contributed by atoms with Gasteiger partial charge in [0.2, 0.25) is 0 Å². The van der Waals surface area contributed by atoms with Gasteiger partial charge in [-0.15, -0.1) is 0 Å². The van der Waals surface area contributed by atoms with Crippen LogP contribution in [-0.4, -0.2) is 12.1 Å². The summed E-state index contributed by atoms with van der Waals surface area (Å²) >= 11 is 5.90. The summed E-state index contributed by atoms with van der Waals surface area (Å²) in [5, 5.41) is 0.598. The molecule has 0 aliphatic heterocycles. The number of halogens is 1. The van der Waals surface area contributed by atoms with E-state index >= 15 is 0 Å². The molecule has 1 aromatic carbocycles. The van der Waals surface area contributed by atoms with Crippen molar-refractivity contribution in [3.8, 4) is 0 Å². The number of carbonyl (C=O) groups is 2. The van der Waals surface area contributed by atoms with Crippen molar-refractivity contribution in [2.45, 2.75) is 13.3 Å². The fraction of sp³-hybridized carbons (Fsp3) is 0.273. The van der Waals surface area contributed by atoms with Gasteiger partial charge in [-0.2, -0.15) is 0 Å². The maximum atomic E-state index is 11.0. The van der Waals surface area contributed by atoms with Gasteiger partial charge in [0.15, 0.2) is 0 Å². The van der Waals surface area contributed by atoms with Crippen molar-refractivity contribution in [2.75, 3.05) is 0 Å². The average Bonchev–Trinajstić information content (AvgIpc) is 2.16. The maximum absolute atomic E-state index is 11.0. The molecule has 0 aliphatic carbocycles. The molecule has 14 heavy (non-hydrogen) atoms. The molecule has 0 aromatic heterocycles. The van der Waals surface area contributed by atoms with E-state index in [1.54, 1.807) is 6.07 Å². The zero-order valence-electron chi connectivity index (χ0n) is 7.87. The first-order valence-electron chi connectivity index (χ1n) is 4.34. The standard InChI is InChI=1S/C11H11ClO2/c1-8(14)10(7-13)6-9-4-2-3-5-11(9)12/h2-5,7,10H,6H2,1H3/t10-/m1/s1. The smallest absolute Gasteiger partial charge is 0.140 e. The fourth-order valence-electron chi connectivity index (χ4n) is 1.19. The predicted octanol–water partition coefficient (Wildman–Crippen LogP) is 2.29. The monoisotopic (exact) mass is 210 g/mol. The first kappa shape index (κ1) is 10.9. The number of ketones is 1. The molecular formula is C11H11ClO2. The molecule has 0 heterocycles. The minimum atomic E-state index is -0.574. The Balaban J connectivity index is 2.82. The van der Waals surface area contributed by atoms with Crippen LogP contribution in [0.1, 0.15) is 12.5 Å². The minimum absolute atomic E-state index is 0.125. The van der Waals surface area contributed by atoms with Gasteiger partial charge < -0.3 is 4.79 Å². The third-order valence-corrected chi connectivity index (χ3v) is 2.45. The predicted molar refractivity (Wildman–Crippen MR) is 55.4 cm³/mol. The molecule has 3 heteroatoms. The Labute approximate surface area is 87.9 Å². The molecule has 0 aliphatic rings. The summed E-state index contributed by atoms with van der Waals surface area (Å²) in [6.07, 6.45) is 1.06. The second-order valence-corrected chi connectivity index (χ2v) is 3.56. The van der Waals surface area contributed by atoms with E-state index < -0.39 is 5.92 Å². The van der Waals surface area contributed by atoms with Crippen molar-refractivity contribution < 1.29 is 9.59 Å². The first-order valence-corrected chi connectivity index (χ1v) is 4.72. The summed E-state index contributed by atoms with van der Waals surface area (Å²) in [7, 11) is 0. The number of carbonyl (C=O) groups excluding carboxylic acids is 2. The molecule has 74 valence electrons. The van der Waals surface area contributed by atoms with Crippen LogP contribution >= 0.6 is 11.6 Å². The second kappa shape index (κ2) is 4.91. The zero-order valence-corrected chi connectivity index (χ0v) is 8.62. The average molecular weight is 211 g/mol. The van der Waals surface area contributed by atoms with E-state index in [2.05, 4.69) is 0 Å². The second-order valence-electron chi connectivity index (χ2n) is 3.15. The Morgan fingerprint density at radius 1 is 1.50 bits per heavy atom. The van der Waals surface area contributed by atoms with E-state index in [9.17, 15) is 9.59 Å². The first-order chi connectivity index (χ1) is 6.65. The number of benzene rings is 1. The molecule has 0 saturated carbocycles. The lowest BCUT2D eigenvalue weighted by Gasteiger charge is -2.07. The highest BCUT2D eigenvalue weighted by Gasteiger charge is 2.14. The Morgan fingerprint density at radius 3 is 2.64 bits per heavy atom. The van der Waals surface area contributed by atoms with Crippen LogP contribution in [0.5, 0.6) is 0 Å². The van der Waals surface area contributed by atoms with Gasteiger partial charge in [0.1, 0.15) is 12.1 Å². The Bertz CT molecular complexity index is 347. The van der Waals surface area contributed by atoms with Crippen molar-refractivity contribution >= 4 is 23.7 Å². The Kier molecular flexibility index (Phi) is 3.84. The van der Waals surface area contributed by atoms with Gasteiger partial charge in [-0.3, -0.25) is 4.79 Å². The Morgan fingerprint density at radius 2 is 2.14 bits per heavy atom. The zero-order chi connectivity index (χ0) is 10.6. The highest BCUT2D eigenvalue weighted by Crippen LogP contribution is 2.18. The van der Waals surface area contributed by atoms with E-state index in [1.165, 1.54) is 6.92 Å². The number of hydrogen-bond acceptors (Lipinski definition) is 2. The molecule has 0 amide bonds. The van der Waals surface area contributed by atoms with Gasteiger partial charge in [0.05, 0.1) is 5.92 Å². The molecular weight excluding hydrogens is 200 g/mol. The normalized spacial score (nSPS) is 12.1. The van der Waals surface area contributed by atoms with Gasteiger partial charge in [-0.1, -0.05) is 29.8 Å². The van der Waals surface area contributed by atoms with Crippen LogP contribution < -0.4 is 0 Å². The lowest BCUT2D eigenvalue weighted by Crippen LogP contribution is -2.15. The van der Waals surface area contributed by atoms with E-state index in [0.717, 1.165) is 5.56 Å². The third-order valence-electron chi connectivity index (χ3n) is 2.08. The summed E-state index contributed by atoms with van der Waals surface area (Å²) in [6, 6.07) is 7.22.